The molecule has 2 atom stereocenters. The Hall–Kier alpha value is -4.27. The van der Waals surface area contributed by atoms with E-state index >= 15 is 0 Å². The second-order valence-corrected chi connectivity index (χ2v) is 18.0. The van der Waals surface area contributed by atoms with Gasteiger partial charge < -0.3 is 23.8 Å². The van der Waals surface area contributed by atoms with Gasteiger partial charge in [-0.2, -0.15) is 0 Å². The lowest BCUT2D eigenvalue weighted by molar-refractivity contribution is -0.887. The van der Waals surface area contributed by atoms with E-state index in [-0.39, 0.29) is 42.7 Å². The van der Waals surface area contributed by atoms with E-state index in [4.69, 9.17) is 14.2 Å². The number of esters is 2. The lowest BCUT2D eigenvalue weighted by Crippen LogP contribution is -2.50. The molecule has 0 aromatic rings. The first-order chi connectivity index (χ1) is 32.6. The molecule has 378 valence electrons. The zero-order chi connectivity index (χ0) is 49.2. The highest BCUT2D eigenvalue weighted by Gasteiger charge is 2.31. The summed E-state index contributed by atoms with van der Waals surface area (Å²) < 4.78 is 17.3. The Kier molecular flexibility index (Phi) is 45.1. The van der Waals surface area contributed by atoms with Crippen molar-refractivity contribution in [1.82, 2.24) is 0 Å². The number of likely N-dealkylation sites (N-methyl/N-ethyl adjacent to an activating group) is 1. The third-order valence-corrected chi connectivity index (χ3v) is 10.8. The molecule has 0 spiro atoms. The Balaban J connectivity index is 4.39. The summed E-state index contributed by atoms with van der Waals surface area (Å²) in [6, 6.07) is -0.633. The summed E-state index contributed by atoms with van der Waals surface area (Å²) in [7, 11) is 5.50. The molecule has 0 heterocycles. The summed E-state index contributed by atoms with van der Waals surface area (Å²) in [5.41, 5.74) is 0. The van der Waals surface area contributed by atoms with Gasteiger partial charge in [0, 0.05) is 19.3 Å². The Morgan fingerprint density at radius 2 is 0.836 bits per heavy atom. The minimum absolute atomic E-state index is 0.0324. The van der Waals surface area contributed by atoms with Crippen LogP contribution in [0.3, 0.4) is 0 Å². The van der Waals surface area contributed by atoms with Crippen LogP contribution in [-0.4, -0.2) is 80.6 Å². The SMILES string of the molecule is CC/C=C/C/C=C/C/C=C/C/C=C/C/C=C/C/C=C/CCCCCC(=O)OC(COCCC(C(=O)O)[N+](C)(C)C)COC(=O)CCCCCCC/C=C/C/C=C/C/C=C/C/C=C/CCCCC. The number of allylic oxidation sites excluding steroid dienone is 20. The normalized spacial score (nSPS) is 13.9. The first-order valence-corrected chi connectivity index (χ1v) is 26.1. The van der Waals surface area contributed by atoms with Gasteiger partial charge in [-0.3, -0.25) is 9.59 Å². The minimum atomic E-state index is -0.889. The van der Waals surface area contributed by atoms with E-state index in [9.17, 15) is 19.5 Å². The second kappa shape index (κ2) is 48.2. The summed E-state index contributed by atoms with van der Waals surface area (Å²) in [5.74, 6) is -1.55. The fourth-order valence-electron chi connectivity index (χ4n) is 6.84. The molecule has 0 bridgehead atoms. The highest BCUT2D eigenvalue weighted by Crippen LogP contribution is 2.12. The topological polar surface area (TPSA) is 99.1 Å². The molecule has 0 aromatic heterocycles. The number of hydrogen-bond acceptors (Lipinski definition) is 6. The smallest absolute Gasteiger partial charge is 0.362 e. The predicted molar refractivity (Wildman–Crippen MR) is 284 cm³/mol. The van der Waals surface area contributed by atoms with Crippen molar-refractivity contribution in [1.29, 1.82) is 0 Å². The molecule has 0 rings (SSSR count). The highest BCUT2D eigenvalue weighted by atomic mass is 16.6. The number of quaternary nitrogens is 1. The number of unbranched alkanes of at least 4 members (excludes halogenated alkanes) is 11. The van der Waals surface area contributed by atoms with Crippen LogP contribution in [-0.2, 0) is 28.6 Å². The number of ether oxygens (including phenoxy) is 3. The van der Waals surface area contributed by atoms with E-state index in [1.165, 1.54) is 25.7 Å². The molecule has 0 aliphatic carbocycles. The molecular formula is C59H96NO7+. The summed E-state index contributed by atoms with van der Waals surface area (Å²) in [6.45, 7) is 4.52. The zero-order valence-corrected chi connectivity index (χ0v) is 43.1. The summed E-state index contributed by atoms with van der Waals surface area (Å²) >= 11 is 0. The predicted octanol–water partition coefficient (Wildman–Crippen LogP) is 15.4. The molecule has 0 amide bonds. The maximum Gasteiger partial charge on any atom is 0.362 e. The second-order valence-electron chi connectivity index (χ2n) is 18.0. The maximum absolute atomic E-state index is 12.8. The number of carboxylic acid groups (broad SMARTS) is 1. The Morgan fingerprint density at radius 3 is 1.25 bits per heavy atom. The first kappa shape index (κ1) is 62.7. The quantitative estimate of drug-likeness (QED) is 0.0281. The van der Waals surface area contributed by atoms with Gasteiger partial charge in [-0.25, -0.2) is 4.79 Å². The van der Waals surface area contributed by atoms with Gasteiger partial charge in [-0.05, 0) is 109 Å². The van der Waals surface area contributed by atoms with Gasteiger partial charge in [0.2, 0.25) is 0 Å². The van der Waals surface area contributed by atoms with Crippen molar-refractivity contribution in [3.63, 3.8) is 0 Å². The van der Waals surface area contributed by atoms with E-state index < -0.39 is 18.1 Å². The van der Waals surface area contributed by atoms with Crippen LogP contribution in [0.1, 0.15) is 181 Å². The largest absolute Gasteiger partial charge is 0.477 e. The maximum atomic E-state index is 12.8. The number of carbonyl (C=O) groups excluding carboxylic acids is 2. The van der Waals surface area contributed by atoms with Gasteiger partial charge in [-0.15, -0.1) is 0 Å². The number of aliphatic carboxylic acids is 1. The van der Waals surface area contributed by atoms with Crippen LogP contribution in [0.25, 0.3) is 0 Å². The van der Waals surface area contributed by atoms with Crippen molar-refractivity contribution in [2.75, 3.05) is 41.0 Å². The molecule has 0 aliphatic heterocycles. The average Bonchev–Trinajstić information content (AvgIpc) is 3.29. The van der Waals surface area contributed by atoms with E-state index in [0.29, 0.717) is 19.3 Å². The van der Waals surface area contributed by atoms with E-state index in [1.54, 1.807) is 0 Å². The third kappa shape index (κ3) is 46.6. The number of carbonyl (C=O) groups is 3. The van der Waals surface area contributed by atoms with Crippen molar-refractivity contribution in [2.24, 2.45) is 0 Å². The number of hydrogen-bond donors (Lipinski definition) is 1. The molecule has 1 N–H and O–H groups in total. The van der Waals surface area contributed by atoms with Crippen molar-refractivity contribution in [3.8, 4) is 0 Å². The summed E-state index contributed by atoms with van der Waals surface area (Å²) in [6.07, 6.45) is 68.2. The molecule has 0 radical (unpaired) electrons. The van der Waals surface area contributed by atoms with E-state index in [0.717, 1.165) is 116 Å². The Bertz CT molecular complexity index is 1500. The number of carboxylic acids is 1. The van der Waals surface area contributed by atoms with Gasteiger partial charge in [0.05, 0.1) is 34.4 Å². The monoisotopic (exact) mass is 931 g/mol. The van der Waals surface area contributed by atoms with Crippen LogP contribution in [0.5, 0.6) is 0 Å². The van der Waals surface area contributed by atoms with Crippen molar-refractivity contribution in [3.05, 3.63) is 122 Å². The molecule has 8 heteroatoms. The Labute approximate surface area is 410 Å². The lowest BCUT2D eigenvalue weighted by atomic mass is 10.1. The fraction of sp³-hybridized carbons (Fsp3) is 0.610. The fourth-order valence-corrected chi connectivity index (χ4v) is 6.84. The molecule has 2 unspecified atom stereocenters. The van der Waals surface area contributed by atoms with Crippen molar-refractivity contribution in [2.45, 2.75) is 193 Å². The minimum Gasteiger partial charge on any atom is -0.477 e. The summed E-state index contributed by atoms with van der Waals surface area (Å²) in [5, 5.41) is 9.66. The standard InChI is InChI=1S/C59H95NO7/c1-6-8-10-12-14-16-18-20-22-24-26-28-30-32-34-36-38-40-42-44-46-48-50-58(62)67-55(53-65-52-51-56(59(63)64)60(3,4)5)54-66-57(61)49-47-45-43-41-39-37-35-33-31-29-27-25-23-21-19-17-15-13-11-9-7-2/h8,10,14-17,20-23,26-29,32-35,38,40,55-56H,6-7,9,11-13,18-19,24-25,30-31,36-37,39,41-54H2,1-5H3/p+1/b10-8+,16-14+,17-15+,22-20+,23-21+,28-26+,29-27+,34-32+,35-33+,40-38+. The zero-order valence-electron chi connectivity index (χ0n) is 43.1. The van der Waals surface area contributed by atoms with Crippen LogP contribution in [0.15, 0.2) is 122 Å². The number of rotatable bonds is 45. The molecule has 0 aromatic carbocycles. The van der Waals surface area contributed by atoms with Gasteiger partial charge in [0.25, 0.3) is 0 Å². The Morgan fingerprint density at radius 1 is 0.463 bits per heavy atom. The molecule has 0 aliphatic rings. The molecule has 0 fully saturated rings. The average molecular weight is 931 g/mol. The van der Waals surface area contributed by atoms with Crippen LogP contribution in [0.2, 0.25) is 0 Å². The third-order valence-electron chi connectivity index (χ3n) is 10.8. The molecule has 0 saturated heterocycles. The summed E-state index contributed by atoms with van der Waals surface area (Å²) in [4.78, 5) is 37.2. The van der Waals surface area contributed by atoms with Crippen LogP contribution >= 0.6 is 0 Å². The van der Waals surface area contributed by atoms with Crippen molar-refractivity contribution >= 4 is 17.9 Å². The van der Waals surface area contributed by atoms with Gasteiger partial charge >= 0.3 is 17.9 Å². The molecule has 8 nitrogen and oxygen atoms in total. The van der Waals surface area contributed by atoms with Crippen LogP contribution < -0.4 is 0 Å². The van der Waals surface area contributed by atoms with Crippen molar-refractivity contribution < 1.29 is 38.2 Å². The first-order valence-electron chi connectivity index (χ1n) is 26.1. The molecule has 67 heavy (non-hydrogen) atoms. The lowest BCUT2D eigenvalue weighted by Gasteiger charge is -2.31. The molecular weight excluding hydrogens is 835 g/mol. The van der Waals surface area contributed by atoms with Crippen LogP contribution in [0, 0.1) is 0 Å². The number of nitrogens with zero attached hydrogens (tertiary/aromatic N) is 1. The highest BCUT2D eigenvalue weighted by molar-refractivity contribution is 5.72. The van der Waals surface area contributed by atoms with Crippen LogP contribution in [0.4, 0.5) is 0 Å². The van der Waals surface area contributed by atoms with E-state index in [2.05, 4.69) is 135 Å². The van der Waals surface area contributed by atoms with Gasteiger partial charge in [-0.1, -0.05) is 174 Å². The van der Waals surface area contributed by atoms with Gasteiger partial charge in [0.15, 0.2) is 12.1 Å². The van der Waals surface area contributed by atoms with Gasteiger partial charge in [0.1, 0.15) is 6.61 Å². The molecule has 0 saturated carbocycles. The van der Waals surface area contributed by atoms with E-state index in [1.807, 2.05) is 21.1 Å².